The Hall–Kier alpha value is -0.950. The fourth-order valence-electron chi connectivity index (χ4n) is 1.73. The summed E-state index contributed by atoms with van der Waals surface area (Å²) in [7, 11) is 0. The smallest absolute Gasteiger partial charge is 0.206 e. The van der Waals surface area contributed by atoms with Gasteiger partial charge in [0.1, 0.15) is 10.3 Å². The number of hydrogen-bond donors (Lipinski definition) is 0. The number of ether oxygens (including phenoxy) is 2. The molecule has 1 aliphatic heterocycles. The zero-order valence-electron chi connectivity index (χ0n) is 9.38. The minimum atomic E-state index is -0.433. The van der Waals surface area contributed by atoms with Crippen LogP contribution in [0.1, 0.15) is 18.9 Å². The molecule has 0 spiro atoms. The molecule has 1 fully saturated rings. The van der Waals surface area contributed by atoms with Crippen molar-refractivity contribution >= 4 is 27.5 Å². The highest BCUT2D eigenvalue weighted by molar-refractivity contribution is 9.10. The van der Waals surface area contributed by atoms with Crippen molar-refractivity contribution in [3.8, 4) is 5.82 Å². The Balaban J connectivity index is 2.04. The van der Waals surface area contributed by atoms with Crippen molar-refractivity contribution in [3.63, 3.8) is 0 Å². The van der Waals surface area contributed by atoms with E-state index < -0.39 is 6.29 Å². The van der Waals surface area contributed by atoms with Crippen LogP contribution in [0.3, 0.4) is 0 Å². The first kappa shape index (κ1) is 12.1. The zero-order valence-corrected chi connectivity index (χ0v) is 11.7. The average molecular weight is 331 g/mol. The molecule has 1 saturated heterocycles. The van der Waals surface area contributed by atoms with Gasteiger partial charge in [-0.2, -0.15) is 5.10 Å². The van der Waals surface area contributed by atoms with Crippen LogP contribution in [0.4, 0.5) is 0 Å². The Labute approximate surface area is 117 Å². The molecular weight excluding hydrogens is 321 g/mol. The highest BCUT2D eigenvalue weighted by Gasteiger charge is 2.32. The molecule has 2 aromatic rings. The molecule has 2 aromatic heterocycles. The summed E-state index contributed by atoms with van der Waals surface area (Å²) in [5, 5.41) is 4.81. The molecule has 0 N–H and O–H groups in total. The van der Waals surface area contributed by atoms with E-state index in [0.29, 0.717) is 15.4 Å². The van der Waals surface area contributed by atoms with Crippen LogP contribution in [0.2, 0.25) is 5.02 Å². The topological polar surface area (TPSA) is 49.2 Å². The van der Waals surface area contributed by atoms with E-state index in [9.17, 15) is 0 Å². The first-order valence-electron chi connectivity index (χ1n) is 5.32. The van der Waals surface area contributed by atoms with Gasteiger partial charge in [-0.1, -0.05) is 11.6 Å². The Morgan fingerprint density at radius 2 is 2.22 bits per heavy atom. The van der Waals surface area contributed by atoms with Crippen LogP contribution < -0.4 is 0 Å². The minimum absolute atomic E-state index is 0.198. The number of aromatic nitrogens is 3. The monoisotopic (exact) mass is 329 g/mol. The van der Waals surface area contributed by atoms with Gasteiger partial charge in [0.25, 0.3) is 0 Å². The van der Waals surface area contributed by atoms with Crippen molar-refractivity contribution in [2.45, 2.75) is 19.5 Å². The molecule has 0 saturated carbocycles. The number of pyridine rings is 1. The maximum absolute atomic E-state index is 6.11. The van der Waals surface area contributed by atoms with E-state index in [1.165, 1.54) is 0 Å². The van der Waals surface area contributed by atoms with Crippen LogP contribution in [0, 0.1) is 0 Å². The third kappa shape index (κ3) is 2.05. The molecule has 94 valence electrons. The van der Waals surface area contributed by atoms with Gasteiger partial charge in [0, 0.05) is 6.20 Å². The lowest BCUT2D eigenvalue weighted by atomic mass is 10.3. The second kappa shape index (κ2) is 4.62. The van der Waals surface area contributed by atoms with Gasteiger partial charge in [-0.15, -0.1) is 0 Å². The summed E-state index contributed by atoms with van der Waals surface area (Å²) >= 11 is 9.44. The maximum Gasteiger partial charge on any atom is 0.206 e. The van der Waals surface area contributed by atoms with E-state index in [1.54, 1.807) is 23.0 Å². The maximum atomic E-state index is 6.11. The largest absolute Gasteiger partial charge is 0.318 e. The van der Waals surface area contributed by atoms with E-state index in [-0.39, 0.29) is 6.29 Å². The third-order valence-electron chi connectivity index (χ3n) is 2.52. The van der Waals surface area contributed by atoms with Gasteiger partial charge in [-0.3, -0.25) is 0 Å². The summed E-state index contributed by atoms with van der Waals surface area (Å²) in [6.45, 7) is 1.83. The molecule has 1 aliphatic rings. The molecule has 0 aliphatic carbocycles. The first-order chi connectivity index (χ1) is 8.65. The van der Waals surface area contributed by atoms with Gasteiger partial charge in [0.15, 0.2) is 12.1 Å². The predicted molar refractivity (Wildman–Crippen MR) is 68.4 cm³/mol. The van der Waals surface area contributed by atoms with Crippen molar-refractivity contribution in [2.24, 2.45) is 0 Å². The standard InChI is InChI=1S/C11H9BrClN3O2/c1-6-17-11(18-6)8-5-9(12)15-16(8)10-7(13)3-2-4-14-10/h2-6,11H,1H3. The lowest BCUT2D eigenvalue weighted by molar-refractivity contribution is -0.384. The van der Waals surface area contributed by atoms with Crippen molar-refractivity contribution in [3.05, 3.63) is 39.7 Å². The number of nitrogens with zero attached hydrogens (tertiary/aromatic N) is 3. The fourth-order valence-corrected chi connectivity index (χ4v) is 2.33. The Morgan fingerprint density at radius 1 is 1.44 bits per heavy atom. The van der Waals surface area contributed by atoms with Crippen LogP contribution >= 0.6 is 27.5 Å². The lowest BCUT2D eigenvalue weighted by Gasteiger charge is -2.33. The third-order valence-corrected chi connectivity index (χ3v) is 3.20. The minimum Gasteiger partial charge on any atom is -0.318 e. The molecule has 0 amide bonds. The summed E-state index contributed by atoms with van der Waals surface area (Å²) in [6, 6.07) is 5.35. The van der Waals surface area contributed by atoms with Gasteiger partial charge >= 0.3 is 0 Å². The van der Waals surface area contributed by atoms with Crippen LogP contribution in [0.15, 0.2) is 29.0 Å². The lowest BCUT2D eigenvalue weighted by Crippen LogP contribution is -2.33. The average Bonchev–Trinajstić information content (AvgIpc) is 2.67. The van der Waals surface area contributed by atoms with Gasteiger partial charge in [-0.05, 0) is 41.1 Å². The Morgan fingerprint density at radius 3 is 2.89 bits per heavy atom. The highest BCUT2D eigenvalue weighted by Crippen LogP contribution is 2.34. The number of halogens is 2. The first-order valence-corrected chi connectivity index (χ1v) is 6.49. The Bertz CT molecular complexity index is 583. The molecule has 0 unspecified atom stereocenters. The molecule has 3 rings (SSSR count). The molecule has 0 radical (unpaired) electrons. The van der Waals surface area contributed by atoms with Gasteiger partial charge in [0.05, 0.1) is 5.02 Å². The molecular formula is C11H9BrClN3O2. The highest BCUT2D eigenvalue weighted by atomic mass is 79.9. The van der Waals surface area contributed by atoms with E-state index >= 15 is 0 Å². The summed E-state index contributed by atoms with van der Waals surface area (Å²) in [4.78, 5) is 4.22. The van der Waals surface area contributed by atoms with Crippen LogP contribution in [-0.4, -0.2) is 21.1 Å². The van der Waals surface area contributed by atoms with Crippen LogP contribution in [0.5, 0.6) is 0 Å². The van der Waals surface area contributed by atoms with Crippen molar-refractivity contribution in [1.29, 1.82) is 0 Å². The molecule has 3 heterocycles. The van der Waals surface area contributed by atoms with E-state index in [4.69, 9.17) is 21.1 Å². The molecule has 7 heteroatoms. The van der Waals surface area contributed by atoms with Crippen molar-refractivity contribution < 1.29 is 9.47 Å². The van der Waals surface area contributed by atoms with Gasteiger partial charge in [-0.25, -0.2) is 9.67 Å². The second-order valence-corrected chi connectivity index (χ2v) is 5.00. The van der Waals surface area contributed by atoms with Crippen LogP contribution in [-0.2, 0) is 9.47 Å². The SMILES string of the molecule is CC1OC(c2cc(Br)nn2-c2ncccc2Cl)O1. The van der Waals surface area contributed by atoms with E-state index in [1.807, 2.05) is 13.0 Å². The molecule has 0 atom stereocenters. The molecule has 0 bridgehead atoms. The quantitative estimate of drug-likeness (QED) is 0.849. The summed E-state index contributed by atoms with van der Waals surface area (Å²) in [6.07, 6.45) is 1.03. The summed E-state index contributed by atoms with van der Waals surface area (Å²) < 4.78 is 13.2. The van der Waals surface area contributed by atoms with Crippen LogP contribution in [0.25, 0.3) is 5.82 Å². The van der Waals surface area contributed by atoms with Crippen molar-refractivity contribution in [1.82, 2.24) is 14.8 Å². The zero-order chi connectivity index (χ0) is 12.7. The summed E-state index contributed by atoms with van der Waals surface area (Å²) in [5.41, 5.74) is 0.751. The van der Waals surface area contributed by atoms with Gasteiger partial charge in [0.2, 0.25) is 6.29 Å². The second-order valence-electron chi connectivity index (χ2n) is 3.78. The fraction of sp³-hybridized carbons (Fsp3) is 0.273. The number of rotatable bonds is 2. The number of hydrogen-bond acceptors (Lipinski definition) is 4. The van der Waals surface area contributed by atoms with Crippen molar-refractivity contribution in [2.75, 3.05) is 0 Å². The normalized spacial score (nSPS) is 22.8. The molecule has 0 aromatic carbocycles. The van der Waals surface area contributed by atoms with E-state index in [0.717, 1.165) is 5.69 Å². The predicted octanol–water partition coefficient (Wildman–Crippen LogP) is 3.07. The van der Waals surface area contributed by atoms with E-state index in [2.05, 4.69) is 26.0 Å². The molecule has 18 heavy (non-hydrogen) atoms. The molecule has 5 nitrogen and oxygen atoms in total. The van der Waals surface area contributed by atoms with Gasteiger partial charge < -0.3 is 9.47 Å². The Kier molecular flexibility index (Phi) is 3.11. The summed E-state index contributed by atoms with van der Waals surface area (Å²) in [5.74, 6) is 0.548.